The van der Waals surface area contributed by atoms with Crippen molar-refractivity contribution in [2.45, 2.75) is 45.6 Å². The molecule has 0 aliphatic carbocycles. The number of likely N-dealkylation sites (tertiary alicyclic amines) is 1. The summed E-state index contributed by atoms with van der Waals surface area (Å²) in [6, 6.07) is 4.12. The highest BCUT2D eigenvalue weighted by Gasteiger charge is 2.43. The molecule has 0 aromatic carbocycles. The van der Waals surface area contributed by atoms with Crippen molar-refractivity contribution in [3.05, 3.63) is 23.4 Å². The van der Waals surface area contributed by atoms with Crippen LogP contribution in [-0.2, 0) is 6.42 Å². The minimum atomic E-state index is -0.216. The van der Waals surface area contributed by atoms with Crippen molar-refractivity contribution >= 4 is 11.8 Å². The number of pyridine rings is 1. The summed E-state index contributed by atoms with van der Waals surface area (Å²) in [4.78, 5) is 21.4. The third kappa shape index (κ3) is 2.58. The molecule has 2 aliphatic rings. The fourth-order valence-electron chi connectivity index (χ4n) is 3.71. The van der Waals surface area contributed by atoms with E-state index in [9.17, 15) is 9.90 Å². The van der Waals surface area contributed by atoms with Gasteiger partial charge in [-0.2, -0.15) is 0 Å². The SMILES string of the molecule is Cc1ccc2c(n1)N(C(=O)N1CC(CO)CC1(C)C)CCC2. The maximum absolute atomic E-state index is 13.1. The smallest absolute Gasteiger partial charge is 0.326 e. The van der Waals surface area contributed by atoms with Crippen LogP contribution in [0.5, 0.6) is 0 Å². The van der Waals surface area contributed by atoms with Crippen LogP contribution in [0.4, 0.5) is 10.6 Å². The Morgan fingerprint density at radius 1 is 1.45 bits per heavy atom. The Kier molecular flexibility index (Phi) is 3.85. The number of carbonyl (C=O) groups is 1. The van der Waals surface area contributed by atoms with Gasteiger partial charge >= 0.3 is 6.03 Å². The molecule has 1 aromatic heterocycles. The Labute approximate surface area is 131 Å². The molecule has 0 spiro atoms. The lowest BCUT2D eigenvalue weighted by Gasteiger charge is -2.37. The van der Waals surface area contributed by atoms with Crippen molar-refractivity contribution in [2.75, 3.05) is 24.6 Å². The van der Waals surface area contributed by atoms with E-state index in [0.29, 0.717) is 6.54 Å². The second kappa shape index (κ2) is 5.54. The monoisotopic (exact) mass is 303 g/mol. The molecule has 5 nitrogen and oxygen atoms in total. The van der Waals surface area contributed by atoms with Crippen LogP contribution in [0.25, 0.3) is 0 Å². The summed E-state index contributed by atoms with van der Waals surface area (Å²) >= 11 is 0. The van der Waals surface area contributed by atoms with E-state index in [1.165, 1.54) is 0 Å². The number of nitrogens with zero attached hydrogens (tertiary/aromatic N) is 3. The summed E-state index contributed by atoms with van der Waals surface area (Å²) in [5, 5.41) is 9.44. The van der Waals surface area contributed by atoms with Crippen LogP contribution in [0.15, 0.2) is 12.1 Å². The molecule has 5 heteroatoms. The standard InChI is InChI=1S/C17H25N3O2/c1-12-6-7-14-5-4-8-19(15(14)18-12)16(22)20-10-13(11-21)9-17(20,2)3/h6-7,13,21H,4-5,8-11H2,1-3H3. The number of amides is 2. The Morgan fingerprint density at radius 2 is 2.23 bits per heavy atom. The van der Waals surface area contributed by atoms with Crippen molar-refractivity contribution in [3.63, 3.8) is 0 Å². The number of carbonyl (C=O) groups excluding carboxylic acids is 1. The Morgan fingerprint density at radius 3 is 2.91 bits per heavy atom. The predicted octanol–water partition coefficient (Wildman–Crippen LogP) is 2.36. The first-order chi connectivity index (χ1) is 10.4. The normalized spacial score (nSPS) is 23.5. The fourth-order valence-corrected chi connectivity index (χ4v) is 3.71. The third-order valence-electron chi connectivity index (χ3n) is 4.86. The quantitative estimate of drug-likeness (QED) is 0.866. The van der Waals surface area contributed by atoms with Gasteiger partial charge in [0.05, 0.1) is 0 Å². The van der Waals surface area contributed by atoms with Gasteiger partial charge in [-0.05, 0) is 51.7 Å². The van der Waals surface area contributed by atoms with E-state index in [1.807, 2.05) is 22.8 Å². The molecule has 120 valence electrons. The Hall–Kier alpha value is -1.62. The summed E-state index contributed by atoms with van der Waals surface area (Å²) in [6.07, 6.45) is 2.80. The zero-order valence-electron chi connectivity index (χ0n) is 13.7. The van der Waals surface area contributed by atoms with Gasteiger partial charge in [0.2, 0.25) is 0 Å². The number of urea groups is 1. The second-order valence-corrected chi connectivity index (χ2v) is 7.15. The molecule has 3 rings (SSSR count). The van der Waals surface area contributed by atoms with Crippen LogP contribution in [0.2, 0.25) is 0 Å². The van der Waals surface area contributed by atoms with E-state index < -0.39 is 0 Å². The zero-order valence-corrected chi connectivity index (χ0v) is 13.7. The number of aromatic nitrogens is 1. The molecule has 0 bridgehead atoms. The van der Waals surface area contributed by atoms with E-state index in [1.54, 1.807) is 0 Å². The summed E-state index contributed by atoms with van der Waals surface area (Å²) in [5.74, 6) is 0.994. The number of aliphatic hydroxyl groups excluding tert-OH is 1. The van der Waals surface area contributed by atoms with Crippen molar-refractivity contribution in [3.8, 4) is 0 Å². The molecule has 1 N–H and O–H groups in total. The lowest BCUT2D eigenvalue weighted by atomic mass is 9.97. The van der Waals surface area contributed by atoms with Gasteiger partial charge < -0.3 is 10.0 Å². The molecule has 22 heavy (non-hydrogen) atoms. The number of hydrogen-bond acceptors (Lipinski definition) is 3. The number of anilines is 1. The largest absolute Gasteiger partial charge is 0.396 e. The van der Waals surface area contributed by atoms with Crippen molar-refractivity contribution < 1.29 is 9.90 Å². The molecule has 1 unspecified atom stereocenters. The highest BCUT2D eigenvalue weighted by atomic mass is 16.3. The summed E-state index contributed by atoms with van der Waals surface area (Å²) in [6.45, 7) is 7.60. The number of aryl methyl sites for hydroxylation is 2. The molecule has 0 saturated carbocycles. The second-order valence-electron chi connectivity index (χ2n) is 7.15. The van der Waals surface area contributed by atoms with Crippen LogP contribution in [-0.4, -0.2) is 46.3 Å². The lowest BCUT2D eigenvalue weighted by molar-refractivity contribution is 0.170. The number of rotatable bonds is 1. The van der Waals surface area contributed by atoms with Gasteiger partial charge in [-0.3, -0.25) is 4.90 Å². The summed E-state index contributed by atoms with van der Waals surface area (Å²) < 4.78 is 0. The van der Waals surface area contributed by atoms with Crippen LogP contribution in [0, 0.1) is 12.8 Å². The molecule has 1 atom stereocenters. The van der Waals surface area contributed by atoms with Gasteiger partial charge in [0.1, 0.15) is 5.82 Å². The van der Waals surface area contributed by atoms with Gasteiger partial charge in [-0.25, -0.2) is 9.78 Å². The third-order valence-corrected chi connectivity index (χ3v) is 4.86. The Bertz CT molecular complexity index is 585. The Balaban J connectivity index is 1.89. The van der Waals surface area contributed by atoms with Gasteiger partial charge in [0.25, 0.3) is 0 Å². The van der Waals surface area contributed by atoms with Crippen LogP contribution in [0.3, 0.4) is 0 Å². The molecule has 0 radical (unpaired) electrons. The summed E-state index contributed by atoms with van der Waals surface area (Å²) in [7, 11) is 0. The van der Waals surface area contributed by atoms with Crippen LogP contribution in [0.1, 0.15) is 37.9 Å². The van der Waals surface area contributed by atoms with Gasteiger partial charge in [-0.15, -0.1) is 0 Å². The number of hydrogen-bond donors (Lipinski definition) is 1. The minimum Gasteiger partial charge on any atom is -0.396 e. The zero-order chi connectivity index (χ0) is 15.9. The lowest BCUT2D eigenvalue weighted by Crippen LogP contribution is -2.51. The molecule has 2 amide bonds. The number of fused-ring (bicyclic) bond motifs is 1. The van der Waals surface area contributed by atoms with Crippen molar-refractivity contribution in [1.82, 2.24) is 9.88 Å². The topological polar surface area (TPSA) is 56.7 Å². The average Bonchev–Trinajstić information content (AvgIpc) is 2.80. The van der Waals surface area contributed by atoms with Gasteiger partial charge in [0, 0.05) is 36.8 Å². The van der Waals surface area contributed by atoms with Crippen LogP contribution >= 0.6 is 0 Å². The number of aliphatic hydroxyl groups is 1. The molecule has 3 heterocycles. The highest BCUT2D eigenvalue weighted by molar-refractivity contribution is 5.93. The molecule has 2 aliphatic heterocycles. The first kappa shape index (κ1) is 15.3. The average molecular weight is 303 g/mol. The molecule has 1 aromatic rings. The van der Waals surface area contributed by atoms with Crippen molar-refractivity contribution in [2.24, 2.45) is 5.92 Å². The van der Waals surface area contributed by atoms with Gasteiger partial charge in [-0.1, -0.05) is 6.07 Å². The highest BCUT2D eigenvalue weighted by Crippen LogP contribution is 2.35. The van der Waals surface area contributed by atoms with Crippen molar-refractivity contribution in [1.29, 1.82) is 0 Å². The molecular weight excluding hydrogens is 278 g/mol. The first-order valence-electron chi connectivity index (χ1n) is 8.09. The molecule has 1 fully saturated rings. The van der Waals surface area contributed by atoms with E-state index in [0.717, 1.165) is 42.9 Å². The van der Waals surface area contributed by atoms with E-state index in [4.69, 9.17) is 0 Å². The van der Waals surface area contributed by atoms with Gasteiger partial charge in [0.15, 0.2) is 0 Å². The summed E-state index contributed by atoms with van der Waals surface area (Å²) in [5.41, 5.74) is 1.87. The first-order valence-corrected chi connectivity index (χ1v) is 8.09. The minimum absolute atomic E-state index is 0.0278. The van der Waals surface area contributed by atoms with E-state index >= 15 is 0 Å². The van der Waals surface area contributed by atoms with Crippen LogP contribution < -0.4 is 4.90 Å². The molecule has 1 saturated heterocycles. The molecular formula is C17H25N3O2. The maximum atomic E-state index is 13.1. The maximum Gasteiger partial charge on any atom is 0.326 e. The predicted molar refractivity (Wildman–Crippen MR) is 86.0 cm³/mol. The van der Waals surface area contributed by atoms with E-state index in [-0.39, 0.29) is 24.1 Å². The fraction of sp³-hybridized carbons (Fsp3) is 0.647. The van der Waals surface area contributed by atoms with E-state index in [2.05, 4.69) is 24.9 Å².